The van der Waals surface area contributed by atoms with E-state index >= 15 is 0 Å². The molecule has 0 aliphatic carbocycles. The van der Waals surface area contributed by atoms with E-state index in [4.69, 9.17) is 17.3 Å². The zero-order valence-corrected chi connectivity index (χ0v) is 11.1. The molecule has 0 fully saturated rings. The van der Waals surface area contributed by atoms with Crippen molar-refractivity contribution in [2.45, 2.75) is 26.1 Å². The van der Waals surface area contributed by atoms with Gasteiger partial charge in [-0.15, -0.1) is 0 Å². The van der Waals surface area contributed by atoms with Crippen LogP contribution in [0.4, 0.5) is 18.9 Å². The average Bonchev–Trinajstić information content (AvgIpc) is 2.28. The fourth-order valence-electron chi connectivity index (χ4n) is 1.35. The second kappa shape index (κ2) is 5.79. The van der Waals surface area contributed by atoms with Crippen LogP contribution in [-0.4, -0.2) is 11.9 Å². The zero-order chi connectivity index (χ0) is 14.8. The Labute approximate surface area is 113 Å². The van der Waals surface area contributed by atoms with Crippen molar-refractivity contribution in [3.63, 3.8) is 0 Å². The smallest absolute Gasteiger partial charge is 0.327 e. The fraction of sp³-hybridized carbons (Fsp3) is 0.417. The number of carbonyl (C=O) groups is 1. The number of alkyl halides is 3. The molecule has 0 aromatic heterocycles. The number of nitrogens with two attached hydrogens (primary N) is 1. The number of anilines is 1. The van der Waals surface area contributed by atoms with Crippen LogP contribution in [0.3, 0.4) is 0 Å². The predicted octanol–water partition coefficient (Wildman–Crippen LogP) is 3.28. The second-order valence-electron chi connectivity index (χ2n) is 4.32. The van der Waals surface area contributed by atoms with Gasteiger partial charge >= 0.3 is 6.18 Å². The Bertz CT molecular complexity index is 475. The summed E-state index contributed by atoms with van der Waals surface area (Å²) in [6, 6.07) is 2.72. The summed E-state index contributed by atoms with van der Waals surface area (Å²) in [6.45, 7) is 3.15. The minimum absolute atomic E-state index is 0.0504. The highest BCUT2D eigenvalue weighted by Crippen LogP contribution is 2.36. The monoisotopic (exact) mass is 294 g/mol. The number of hydrogen-bond acceptors (Lipinski definition) is 2. The Balaban J connectivity index is 3.05. The van der Waals surface area contributed by atoms with Crippen molar-refractivity contribution >= 4 is 23.2 Å². The molecule has 0 aliphatic heterocycles. The van der Waals surface area contributed by atoms with Gasteiger partial charge in [0.15, 0.2) is 0 Å². The molecular weight excluding hydrogens is 281 g/mol. The van der Waals surface area contributed by atoms with Gasteiger partial charge in [-0.2, -0.15) is 13.2 Å². The molecular formula is C12H14ClF3N2O. The van der Waals surface area contributed by atoms with Crippen molar-refractivity contribution in [2.75, 3.05) is 5.32 Å². The van der Waals surface area contributed by atoms with Gasteiger partial charge in [0.2, 0.25) is 5.91 Å². The van der Waals surface area contributed by atoms with E-state index in [2.05, 4.69) is 5.32 Å². The van der Waals surface area contributed by atoms with Crippen molar-refractivity contribution in [2.24, 2.45) is 11.7 Å². The summed E-state index contributed by atoms with van der Waals surface area (Å²) < 4.78 is 38.4. The highest BCUT2D eigenvalue weighted by atomic mass is 35.5. The Hall–Kier alpha value is -1.27. The van der Waals surface area contributed by atoms with Crippen molar-refractivity contribution in [1.29, 1.82) is 0 Å². The lowest BCUT2D eigenvalue weighted by Gasteiger charge is -2.18. The average molecular weight is 295 g/mol. The molecule has 0 saturated heterocycles. The molecule has 1 aromatic rings. The third-order valence-corrected chi connectivity index (χ3v) is 2.98. The van der Waals surface area contributed by atoms with Crippen LogP contribution in [0.25, 0.3) is 0 Å². The van der Waals surface area contributed by atoms with Crippen molar-refractivity contribution in [3.05, 3.63) is 28.8 Å². The normalized spacial score (nSPS) is 14.9. The summed E-state index contributed by atoms with van der Waals surface area (Å²) in [6.07, 6.45) is -4.59. The number of hydrogen-bond donors (Lipinski definition) is 2. The Morgan fingerprint density at radius 1 is 1.37 bits per heavy atom. The first-order valence-electron chi connectivity index (χ1n) is 5.56. The molecule has 0 bridgehead atoms. The molecule has 2 unspecified atom stereocenters. The van der Waals surface area contributed by atoms with Crippen LogP contribution in [0.15, 0.2) is 18.2 Å². The van der Waals surface area contributed by atoms with Gasteiger partial charge in [0, 0.05) is 11.1 Å². The predicted molar refractivity (Wildman–Crippen MR) is 67.9 cm³/mol. The third-order valence-electron chi connectivity index (χ3n) is 2.75. The number of benzene rings is 1. The molecule has 0 radical (unpaired) electrons. The van der Waals surface area contributed by atoms with Gasteiger partial charge in [-0.1, -0.05) is 18.5 Å². The topological polar surface area (TPSA) is 55.1 Å². The summed E-state index contributed by atoms with van der Waals surface area (Å²) in [4.78, 5) is 11.7. The highest BCUT2D eigenvalue weighted by molar-refractivity contribution is 6.30. The van der Waals surface area contributed by atoms with Crippen LogP contribution >= 0.6 is 11.6 Å². The third kappa shape index (κ3) is 4.11. The van der Waals surface area contributed by atoms with Gasteiger partial charge in [-0.3, -0.25) is 4.79 Å². The Kier molecular flexibility index (Phi) is 4.81. The van der Waals surface area contributed by atoms with E-state index in [0.29, 0.717) is 0 Å². The van der Waals surface area contributed by atoms with Gasteiger partial charge in [0.25, 0.3) is 0 Å². The number of amides is 1. The largest absolute Gasteiger partial charge is 0.418 e. The van der Waals surface area contributed by atoms with Crippen molar-refractivity contribution in [1.82, 2.24) is 0 Å². The molecule has 7 heteroatoms. The van der Waals surface area contributed by atoms with Crippen LogP contribution in [0.2, 0.25) is 5.02 Å². The first-order valence-corrected chi connectivity index (χ1v) is 5.94. The van der Waals surface area contributed by atoms with Gasteiger partial charge in [-0.05, 0) is 25.1 Å². The van der Waals surface area contributed by atoms with E-state index in [9.17, 15) is 18.0 Å². The van der Waals surface area contributed by atoms with E-state index in [1.807, 2.05) is 0 Å². The molecule has 0 spiro atoms. The molecule has 0 heterocycles. The Morgan fingerprint density at radius 2 is 1.95 bits per heavy atom. The molecule has 19 heavy (non-hydrogen) atoms. The van der Waals surface area contributed by atoms with Crippen molar-refractivity contribution < 1.29 is 18.0 Å². The van der Waals surface area contributed by atoms with Gasteiger partial charge in [0.1, 0.15) is 0 Å². The maximum Gasteiger partial charge on any atom is 0.418 e. The van der Waals surface area contributed by atoms with E-state index in [-0.39, 0.29) is 10.7 Å². The summed E-state index contributed by atoms with van der Waals surface area (Å²) in [5.41, 5.74) is 4.23. The van der Waals surface area contributed by atoms with E-state index in [0.717, 1.165) is 12.1 Å². The molecule has 3 N–H and O–H groups in total. The van der Waals surface area contributed by atoms with Gasteiger partial charge < -0.3 is 11.1 Å². The minimum Gasteiger partial charge on any atom is -0.327 e. The minimum atomic E-state index is -4.59. The lowest BCUT2D eigenvalue weighted by Crippen LogP contribution is -2.34. The van der Waals surface area contributed by atoms with Crippen LogP contribution in [0, 0.1) is 5.92 Å². The molecule has 1 aromatic carbocycles. The first kappa shape index (κ1) is 15.8. The molecule has 1 rings (SSSR count). The van der Waals surface area contributed by atoms with E-state index in [1.54, 1.807) is 13.8 Å². The first-order chi connectivity index (χ1) is 8.62. The number of carbonyl (C=O) groups excluding carboxylic acids is 1. The molecule has 0 saturated carbocycles. The highest BCUT2D eigenvalue weighted by Gasteiger charge is 2.34. The van der Waals surface area contributed by atoms with Gasteiger partial charge in [-0.25, -0.2) is 0 Å². The zero-order valence-electron chi connectivity index (χ0n) is 10.4. The number of rotatable bonds is 3. The SMILES string of the molecule is CC(N)C(C)C(=O)Nc1ccc(Cl)cc1C(F)(F)F. The van der Waals surface area contributed by atoms with E-state index in [1.165, 1.54) is 6.07 Å². The van der Waals surface area contributed by atoms with Crippen molar-refractivity contribution in [3.8, 4) is 0 Å². The standard InChI is InChI=1S/C12H14ClF3N2O/c1-6(7(2)17)11(19)18-10-4-3-8(13)5-9(10)12(14,15)16/h3-7H,17H2,1-2H3,(H,18,19). The molecule has 3 nitrogen and oxygen atoms in total. The van der Waals surface area contributed by atoms with E-state index < -0.39 is 29.6 Å². The summed E-state index contributed by atoms with van der Waals surface area (Å²) in [5.74, 6) is -1.17. The maximum atomic E-state index is 12.8. The molecule has 0 aliphatic rings. The van der Waals surface area contributed by atoms with Crippen LogP contribution in [0.1, 0.15) is 19.4 Å². The van der Waals surface area contributed by atoms with Gasteiger partial charge in [0.05, 0.1) is 17.2 Å². The Morgan fingerprint density at radius 3 is 2.42 bits per heavy atom. The summed E-state index contributed by atoms with van der Waals surface area (Å²) in [5, 5.41) is 2.18. The fourth-order valence-corrected chi connectivity index (χ4v) is 1.52. The number of nitrogens with one attached hydrogen (secondary N) is 1. The van der Waals surface area contributed by atoms with Crippen LogP contribution in [-0.2, 0) is 11.0 Å². The lowest BCUT2D eigenvalue weighted by atomic mass is 10.0. The molecule has 106 valence electrons. The van der Waals surface area contributed by atoms with Crippen LogP contribution < -0.4 is 11.1 Å². The second-order valence-corrected chi connectivity index (χ2v) is 4.76. The van der Waals surface area contributed by atoms with Crippen LogP contribution in [0.5, 0.6) is 0 Å². The quantitative estimate of drug-likeness (QED) is 0.899. The summed E-state index contributed by atoms with van der Waals surface area (Å²) >= 11 is 5.54. The lowest BCUT2D eigenvalue weighted by molar-refractivity contribution is -0.137. The summed E-state index contributed by atoms with van der Waals surface area (Å²) in [7, 11) is 0. The molecule has 2 atom stereocenters. The maximum absolute atomic E-state index is 12.8. The molecule has 1 amide bonds. The number of halogens is 4.